The molecule has 1 aliphatic heterocycles. The summed E-state index contributed by atoms with van der Waals surface area (Å²) in [6.45, 7) is 9.79. The molecule has 2 aromatic carbocycles. The summed E-state index contributed by atoms with van der Waals surface area (Å²) in [6, 6.07) is 11.3. The quantitative estimate of drug-likeness (QED) is 0.351. The summed E-state index contributed by atoms with van der Waals surface area (Å²) >= 11 is 0. The van der Waals surface area contributed by atoms with Crippen molar-refractivity contribution in [2.75, 3.05) is 6.54 Å². The normalized spacial score (nSPS) is 16.5. The molecule has 0 saturated carbocycles. The fourth-order valence-corrected chi connectivity index (χ4v) is 4.85. The number of nitrogens with one attached hydrogen (secondary N) is 1. The van der Waals surface area contributed by atoms with Crippen LogP contribution in [0.4, 0.5) is 4.79 Å². The van der Waals surface area contributed by atoms with E-state index < -0.39 is 23.6 Å². The van der Waals surface area contributed by atoms with Crippen LogP contribution in [0.3, 0.4) is 0 Å². The van der Waals surface area contributed by atoms with Gasteiger partial charge in [0.2, 0.25) is 5.91 Å². The molecule has 0 unspecified atom stereocenters. The van der Waals surface area contributed by atoms with E-state index in [0.29, 0.717) is 36.3 Å². The van der Waals surface area contributed by atoms with Gasteiger partial charge < -0.3 is 15.2 Å². The Labute approximate surface area is 207 Å². The minimum Gasteiger partial charge on any atom is -0.478 e. The fourth-order valence-electron chi connectivity index (χ4n) is 4.85. The molecule has 35 heavy (non-hydrogen) atoms. The minimum atomic E-state index is -0.995. The highest BCUT2D eigenvalue weighted by Gasteiger charge is 2.62. The lowest BCUT2D eigenvalue weighted by molar-refractivity contribution is -0.190. The van der Waals surface area contributed by atoms with E-state index in [1.54, 1.807) is 26.0 Å². The van der Waals surface area contributed by atoms with Crippen LogP contribution >= 0.6 is 0 Å². The smallest absolute Gasteiger partial charge is 0.336 e. The van der Waals surface area contributed by atoms with Crippen LogP contribution in [0.1, 0.15) is 72.1 Å². The number of likely N-dealkylation sites (tertiary alicyclic amines) is 1. The van der Waals surface area contributed by atoms with Gasteiger partial charge >= 0.3 is 12.0 Å². The minimum absolute atomic E-state index is 0.236. The molecule has 0 bridgehead atoms. The van der Waals surface area contributed by atoms with Crippen molar-refractivity contribution >= 4 is 17.9 Å². The topological polar surface area (TPSA) is 95.9 Å². The third-order valence-electron chi connectivity index (χ3n) is 7.09. The molecule has 1 saturated heterocycles. The number of β-lactam (4-membered cyclic amide) rings is 1. The molecule has 1 aliphatic rings. The lowest BCUT2D eigenvalue weighted by Gasteiger charge is -2.53. The standard InChI is InChI=1S/C28H36N2O5/c1-6-28(7-2)25(33)30(26(28)35-22-16-19(4)23(24(31)32)20(5)17-22)27(34)29-15-9-8-10-21-13-11-18(3)12-14-21/h11-14,16-17,26H,6-10,15H2,1-5H3,(H,29,34)(H,31,32)/t26-/m0/s1. The monoisotopic (exact) mass is 480 g/mol. The summed E-state index contributed by atoms with van der Waals surface area (Å²) in [7, 11) is 0. The van der Waals surface area contributed by atoms with Gasteiger partial charge in [0.25, 0.3) is 0 Å². The number of nitrogens with zero attached hydrogens (tertiary/aromatic N) is 1. The van der Waals surface area contributed by atoms with E-state index in [4.69, 9.17) is 4.74 Å². The van der Waals surface area contributed by atoms with Gasteiger partial charge in [0.1, 0.15) is 11.2 Å². The number of amides is 3. The number of aryl methyl sites for hydroxylation is 4. The molecule has 1 heterocycles. The summed E-state index contributed by atoms with van der Waals surface area (Å²) in [5, 5.41) is 12.3. The molecule has 0 radical (unpaired) electrons. The largest absolute Gasteiger partial charge is 0.478 e. The van der Waals surface area contributed by atoms with Crippen LogP contribution in [0.2, 0.25) is 0 Å². The second kappa shape index (κ2) is 10.9. The number of carbonyl (C=O) groups excluding carboxylic acids is 2. The van der Waals surface area contributed by atoms with E-state index in [1.807, 2.05) is 13.8 Å². The zero-order valence-corrected chi connectivity index (χ0v) is 21.3. The molecule has 0 spiro atoms. The molecular formula is C28H36N2O5. The van der Waals surface area contributed by atoms with Crippen LogP contribution < -0.4 is 10.1 Å². The lowest BCUT2D eigenvalue weighted by atomic mass is 9.72. The third kappa shape index (κ3) is 5.34. The Hall–Kier alpha value is -3.35. The van der Waals surface area contributed by atoms with Gasteiger partial charge in [-0.2, -0.15) is 0 Å². The van der Waals surface area contributed by atoms with Crippen molar-refractivity contribution in [2.24, 2.45) is 5.41 Å². The van der Waals surface area contributed by atoms with E-state index >= 15 is 0 Å². The molecule has 0 aromatic heterocycles. The molecule has 7 heteroatoms. The number of rotatable bonds is 10. The van der Waals surface area contributed by atoms with Crippen LogP contribution in [-0.4, -0.2) is 40.7 Å². The Kier molecular flexibility index (Phi) is 8.20. The molecule has 2 N–H and O–H groups in total. The van der Waals surface area contributed by atoms with Gasteiger partial charge in [-0.3, -0.25) is 4.79 Å². The second-order valence-electron chi connectivity index (χ2n) is 9.42. The number of aromatic carboxylic acids is 1. The van der Waals surface area contributed by atoms with Crippen LogP contribution in [0, 0.1) is 26.2 Å². The van der Waals surface area contributed by atoms with Gasteiger partial charge in [-0.1, -0.05) is 43.7 Å². The van der Waals surface area contributed by atoms with Crippen molar-refractivity contribution in [3.63, 3.8) is 0 Å². The number of imide groups is 1. The number of hydrogen-bond donors (Lipinski definition) is 2. The molecule has 0 aliphatic carbocycles. The van der Waals surface area contributed by atoms with Crippen LogP contribution in [0.5, 0.6) is 5.75 Å². The summed E-state index contributed by atoms with van der Waals surface area (Å²) < 4.78 is 6.19. The molecular weight excluding hydrogens is 444 g/mol. The first-order valence-electron chi connectivity index (χ1n) is 12.3. The number of benzene rings is 2. The molecule has 2 aromatic rings. The zero-order valence-electron chi connectivity index (χ0n) is 21.3. The number of hydrogen-bond acceptors (Lipinski definition) is 4. The third-order valence-corrected chi connectivity index (χ3v) is 7.09. The highest BCUT2D eigenvalue weighted by Crippen LogP contribution is 2.46. The van der Waals surface area contributed by atoms with E-state index in [0.717, 1.165) is 19.3 Å². The molecule has 7 nitrogen and oxygen atoms in total. The number of carbonyl (C=O) groups is 3. The highest BCUT2D eigenvalue weighted by atomic mass is 16.5. The van der Waals surface area contributed by atoms with Gasteiger partial charge in [0, 0.05) is 6.54 Å². The predicted octanol–water partition coefficient (Wildman–Crippen LogP) is 5.40. The van der Waals surface area contributed by atoms with Crippen molar-refractivity contribution in [2.45, 2.75) is 73.0 Å². The van der Waals surface area contributed by atoms with E-state index in [9.17, 15) is 19.5 Å². The maximum absolute atomic E-state index is 13.1. The number of carboxylic acid groups (broad SMARTS) is 1. The Bertz CT molecular complexity index is 1070. The summed E-state index contributed by atoms with van der Waals surface area (Å²) in [4.78, 5) is 38.7. The Morgan fingerprint density at radius 3 is 2.17 bits per heavy atom. The maximum atomic E-state index is 13.1. The molecule has 188 valence electrons. The Balaban J connectivity index is 1.65. The first kappa shape index (κ1) is 26.3. The van der Waals surface area contributed by atoms with E-state index in [-0.39, 0.29) is 11.5 Å². The predicted molar refractivity (Wildman–Crippen MR) is 135 cm³/mol. The van der Waals surface area contributed by atoms with Crippen LogP contribution in [0.25, 0.3) is 0 Å². The lowest BCUT2D eigenvalue weighted by Crippen LogP contribution is -2.73. The Morgan fingerprint density at radius 2 is 1.63 bits per heavy atom. The van der Waals surface area contributed by atoms with Crippen molar-refractivity contribution in [3.05, 3.63) is 64.2 Å². The average Bonchev–Trinajstić information content (AvgIpc) is 2.80. The first-order chi connectivity index (χ1) is 16.6. The van der Waals surface area contributed by atoms with Gasteiger partial charge in [-0.05, 0) is 81.7 Å². The first-order valence-corrected chi connectivity index (χ1v) is 12.3. The summed E-state index contributed by atoms with van der Waals surface area (Å²) in [5.74, 6) is -0.782. The molecule has 3 amide bonds. The Morgan fingerprint density at radius 1 is 1.03 bits per heavy atom. The molecule has 1 fully saturated rings. The molecule has 3 rings (SSSR count). The van der Waals surface area contributed by atoms with Gasteiger partial charge in [-0.15, -0.1) is 0 Å². The fraction of sp³-hybridized carbons (Fsp3) is 0.464. The van der Waals surface area contributed by atoms with Crippen molar-refractivity contribution in [3.8, 4) is 5.75 Å². The van der Waals surface area contributed by atoms with Crippen LogP contribution in [-0.2, 0) is 11.2 Å². The number of carboxylic acids is 1. The average molecular weight is 481 g/mol. The zero-order chi connectivity index (χ0) is 25.8. The number of unbranched alkanes of at least 4 members (excludes halogenated alkanes) is 1. The van der Waals surface area contributed by atoms with E-state index in [2.05, 4.69) is 36.5 Å². The number of urea groups is 1. The van der Waals surface area contributed by atoms with Crippen molar-refractivity contribution < 1.29 is 24.2 Å². The van der Waals surface area contributed by atoms with Crippen molar-refractivity contribution in [1.29, 1.82) is 0 Å². The van der Waals surface area contributed by atoms with Gasteiger partial charge in [-0.25, -0.2) is 14.5 Å². The van der Waals surface area contributed by atoms with Crippen LogP contribution in [0.15, 0.2) is 36.4 Å². The van der Waals surface area contributed by atoms with E-state index in [1.165, 1.54) is 16.0 Å². The second-order valence-corrected chi connectivity index (χ2v) is 9.42. The van der Waals surface area contributed by atoms with Gasteiger partial charge in [0.15, 0.2) is 6.23 Å². The SMILES string of the molecule is CCC1(CC)C(=O)N(C(=O)NCCCCc2ccc(C)cc2)[C@H]1Oc1cc(C)c(C(=O)O)c(C)c1. The maximum Gasteiger partial charge on any atom is 0.336 e. The highest BCUT2D eigenvalue weighted by molar-refractivity contribution is 6.03. The van der Waals surface area contributed by atoms with Gasteiger partial charge in [0.05, 0.1) is 5.56 Å². The van der Waals surface area contributed by atoms with Crippen molar-refractivity contribution in [1.82, 2.24) is 10.2 Å². The summed E-state index contributed by atoms with van der Waals surface area (Å²) in [5.41, 5.74) is 3.09. The number of ether oxygens (including phenoxy) is 1. The molecule has 1 atom stereocenters. The summed E-state index contributed by atoms with van der Waals surface area (Å²) in [6.07, 6.45) is 3.00.